The van der Waals surface area contributed by atoms with Crippen molar-refractivity contribution >= 4 is 5.97 Å². The van der Waals surface area contributed by atoms with Gasteiger partial charge in [-0.05, 0) is 19.3 Å². The molecule has 1 aliphatic heterocycles. The number of methoxy groups -OCH3 is 1. The Hall–Kier alpha value is -0.870. The molecule has 4 nitrogen and oxygen atoms in total. The molecule has 1 atom stereocenters. The Labute approximate surface area is 96.2 Å². The summed E-state index contributed by atoms with van der Waals surface area (Å²) in [5.41, 5.74) is 0.843. The number of hydrogen-bond acceptors (Lipinski definition) is 4. The van der Waals surface area contributed by atoms with Gasteiger partial charge >= 0.3 is 5.97 Å². The minimum Gasteiger partial charge on any atom is -0.466 e. The normalized spacial score (nSPS) is 27.3. The third-order valence-electron chi connectivity index (χ3n) is 3.31. The second-order valence-electron chi connectivity index (χ2n) is 4.25. The molecule has 0 bridgehead atoms. The van der Waals surface area contributed by atoms with E-state index in [1.807, 2.05) is 6.08 Å². The van der Waals surface area contributed by atoms with E-state index in [0.717, 1.165) is 51.1 Å². The first-order valence-electron chi connectivity index (χ1n) is 5.93. The van der Waals surface area contributed by atoms with Gasteiger partial charge in [-0.15, -0.1) is 0 Å². The van der Waals surface area contributed by atoms with Crippen LogP contribution in [-0.4, -0.2) is 50.3 Å². The minimum atomic E-state index is -0.170. The van der Waals surface area contributed by atoms with Crippen molar-refractivity contribution in [3.05, 3.63) is 11.6 Å². The number of carbonyl (C=O) groups excluding carboxylic acids is 1. The van der Waals surface area contributed by atoms with Crippen molar-refractivity contribution in [3.8, 4) is 0 Å². The smallest absolute Gasteiger partial charge is 0.335 e. The quantitative estimate of drug-likeness (QED) is 0.656. The summed E-state index contributed by atoms with van der Waals surface area (Å²) in [6, 6.07) is 0.241. The number of allylic oxidation sites excluding steroid dienone is 1. The first kappa shape index (κ1) is 11.6. The third kappa shape index (κ3) is 2.44. The van der Waals surface area contributed by atoms with Crippen molar-refractivity contribution in [2.75, 3.05) is 33.4 Å². The van der Waals surface area contributed by atoms with Crippen molar-refractivity contribution in [3.63, 3.8) is 0 Å². The summed E-state index contributed by atoms with van der Waals surface area (Å²) in [4.78, 5) is 14.0. The molecule has 90 valence electrons. The molecule has 0 aromatic rings. The molecule has 0 radical (unpaired) electrons. The third-order valence-corrected chi connectivity index (χ3v) is 3.31. The predicted molar refractivity (Wildman–Crippen MR) is 60.1 cm³/mol. The second-order valence-corrected chi connectivity index (χ2v) is 4.25. The molecule has 2 aliphatic rings. The molecule has 1 saturated heterocycles. The van der Waals surface area contributed by atoms with Crippen LogP contribution in [0.5, 0.6) is 0 Å². The summed E-state index contributed by atoms with van der Waals surface area (Å²) in [7, 11) is 1.45. The van der Waals surface area contributed by atoms with Gasteiger partial charge in [-0.1, -0.05) is 6.08 Å². The molecule has 4 heteroatoms. The number of nitrogens with zero attached hydrogens (tertiary/aromatic N) is 1. The lowest BCUT2D eigenvalue weighted by Gasteiger charge is -2.36. The second kappa shape index (κ2) is 5.46. The van der Waals surface area contributed by atoms with Crippen LogP contribution in [0.25, 0.3) is 0 Å². The van der Waals surface area contributed by atoms with Gasteiger partial charge in [0.15, 0.2) is 0 Å². The molecule has 1 aliphatic carbocycles. The maximum absolute atomic E-state index is 11.7. The van der Waals surface area contributed by atoms with E-state index in [-0.39, 0.29) is 12.0 Å². The summed E-state index contributed by atoms with van der Waals surface area (Å²) < 4.78 is 10.2. The molecule has 1 unspecified atom stereocenters. The van der Waals surface area contributed by atoms with Gasteiger partial charge in [0, 0.05) is 19.1 Å². The van der Waals surface area contributed by atoms with Crippen LogP contribution >= 0.6 is 0 Å². The highest BCUT2D eigenvalue weighted by Gasteiger charge is 2.30. The van der Waals surface area contributed by atoms with Crippen LogP contribution < -0.4 is 0 Å². The zero-order valence-corrected chi connectivity index (χ0v) is 9.78. The van der Waals surface area contributed by atoms with E-state index < -0.39 is 0 Å². The number of rotatable bonds is 2. The molecule has 0 aromatic heterocycles. The number of hydrogen-bond donors (Lipinski definition) is 0. The van der Waals surface area contributed by atoms with E-state index in [4.69, 9.17) is 9.47 Å². The van der Waals surface area contributed by atoms with Gasteiger partial charge in [0.05, 0.1) is 25.9 Å². The zero-order valence-electron chi connectivity index (χ0n) is 9.78. The Morgan fingerprint density at radius 1 is 1.50 bits per heavy atom. The number of carbonyl (C=O) groups is 1. The standard InChI is InChI=1S/C12H19NO3/c1-15-12(14)10-4-2-3-5-11(10)13-6-8-16-9-7-13/h4,11H,2-3,5-9H2,1H3. The van der Waals surface area contributed by atoms with Crippen molar-refractivity contribution in [2.24, 2.45) is 0 Å². The van der Waals surface area contributed by atoms with Gasteiger partial charge in [0.2, 0.25) is 0 Å². The highest BCUT2D eigenvalue weighted by molar-refractivity contribution is 5.89. The molecule has 0 N–H and O–H groups in total. The number of ether oxygens (including phenoxy) is 2. The molecular formula is C12H19NO3. The average molecular weight is 225 g/mol. The largest absolute Gasteiger partial charge is 0.466 e. The Kier molecular flexibility index (Phi) is 3.96. The van der Waals surface area contributed by atoms with Crippen LogP contribution in [0.1, 0.15) is 19.3 Å². The predicted octanol–water partition coefficient (Wildman–Crippen LogP) is 0.970. The average Bonchev–Trinajstić information content (AvgIpc) is 2.39. The lowest BCUT2D eigenvalue weighted by atomic mass is 9.92. The van der Waals surface area contributed by atoms with Gasteiger partial charge in [0.25, 0.3) is 0 Å². The molecule has 0 aromatic carbocycles. The topological polar surface area (TPSA) is 38.8 Å². The summed E-state index contributed by atoms with van der Waals surface area (Å²) >= 11 is 0. The Morgan fingerprint density at radius 2 is 2.25 bits per heavy atom. The number of morpholine rings is 1. The van der Waals surface area contributed by atoms with Crippen molar-refractivity contribution < 1.29 is 14.3 Å². The van der Waals surface area contributed by atoms with E-state index in [1.54, 1.807) is 0 Å². The molecular weight excluding hydrogens is 206 g/mol. The highest BCUT2D eigenvalue weighted by Crippen LogP contribution is 2.25. The molecule has 1 fully saturated rings. The lowest BCUT2D eigenvalue weighted by Crippen LogP contribution is -2.46. The fourth-order valence-corrected chi connectivity index (χ4v) is 2.47. The summed E-state index contributed by atoms with van der Waals surface area (Å²) in [6.45, 7) is 3.37. The first-order valence-corrected chi connectivity index (χ1v) is 5.93. The minimum absolute atomic E-state index is 0.170. The van der Waals surface area contributed by atoms with E-state index >= 15 is 0 Å². The summed E-state index contributed by atoms with van der Waals surface area (Å²) in [6.07, 6.45) is 5.24. The zero-order chi connectivity index (χ0) is 11.4. The summed E-state index contributed by atoms with van der Waals surface area (Å²) in [5.74, 6) is -0.170. The van der Waals surface area contributed by atoms with Crippen LogP contribution in [0.4, 0.5) is 0 Å². The molecule has 2 rings (SSSR count). The van der Waals surface area contributed by atoms with Crippen molar-refractivity contribution in [1.29, 1.82) is 0 Å². The van der Waals surface area contributed by atoms with Crippen molar-refractivity contribution in [2.45, 2.75) is 25.3 Å². The van der Waals surface area contributed by atoms with Gasteiger partial charge in [0.1, 0.15) is 0 Å². The van der Waals surface area contributed by atoms with Crippen LogP contribution in [0.3, 0.4) is 0 Å². The molecule has 16 heavy (non-hydrogen) atoms. The van der Waals surface area contributed by atoms with Crippen LogP contribution in [0.2, 0.25) is 0 Å². The van der Waals surface area contributed by atoms with E-state index in [9.17, 15) is 4.79 Å². The van der Waals surface area contributed by atoms with E-state index in [2.05, 4.69) is 4.90 Å². The monoisotopic (exact) mass is 225 g/mol. The highest BCUT2D eigenvalue weighted by atomic mass is 16.5. The Bertz CT molecular complexity index is 282. The lowest BCUT2D eigenvalue weighted by molar-refractivity contribution is -0.137. The van der Waals surface area contributed by atoms with Gasteiger partial charge in [-0.3, -0.25) is 4.90 Å². The van der Waals surface area contributed by atoms with E-state index in [0.29, 0.717) is 0 Å². The molecule has 0 spiro atoms. The van der Waals surface area contributed by atoms with Crippen LogP contribution in [0.15, 0.2) is 11.6 Å². The molecule has 0 amide bonds. The van der Waals surface area contributed by atoms with Gasteiger partial charge in [-0.2, -0.15) is 0 Å². The molecule has 1 heterocycles. The van der Waals surface area contributed by atoms with E-state index in [1.165, 1.54) is 7.11 Å². The molecule has 0 saturated carbocycles. The summed E-state index contributed by atoms with van der Waals surface area (Å²) in [5, 5.41) is 0. The Balaban J connectivity index is 2.08. The van der Waals surface area contributed by atoms with Crippen molar-refractivity contribution in [1.82, 2.24) is 4.90 Å². The van der Waals surface area contributed by atoms with Crippen LogP contribution in [-0.2, 0) is 14.3 Å². The van der Waals surface area contributed by atoms with Crippen LogP contribution in [0, 0.1) is 0 Å². The van der Waals surface area contributed by atoms with Gasteiger partial charge < -0.3 is 9.47 Å². The SMILES string of the molecule is COC(=O)C1=CCCCC1N1CCOCC1. The fraction of sp³-hybridized carbons (Fsp3) is 0.750. The maximum atomic E-state index is 11.7. The maximum Gasteiger partial charge on any atom is 0.335 e. The van der Waals surface area contributed by atoms with Gasteiger partial charge in [-0.25, -0.2) is 4.79 Å². The first-order chi connectivity index (χ1) is 7.83. The Morgan fingerprint density at radius 3 is 2.94 bits per heavy atom. The number of esters is 1. The fourth-order valence-electron chi connectivity index (χ4n) is 2.47.